The Balaban J connectivity index is 1.13. The van der Waals surface area contributed by atoms with E-state index in [1.165, 1.54) is 0 Å². The molecule has 0 aliphatic carbocycles. The minimum Gasteiger partial charge on any atom is -0.477 e. The SMILES string of the molecule is O=C(CCCCC1SC[C@@H]2NCN[C@H]12)NCCOCCOCCOCCO[C@]1(C(=O)O)CC(O[C@]2(C(=O)O)CC(O)[C@@H](O)C([C@H](O)CO)O2)[C@@H](O)C([C@H](O)CO)O1. The molecule has 22 nitrogen and oxygen atoms in total. The normalized spacial score (nSPS) is 35.1. The maximum atomic E-state index is 12.5. The van der Waals surface area contributed by atoms with E-state index in [0.29, 0.717) is 36.9 Å². The van der Waals surface area contributed by atoms with Crippen molar-refractivity contribution in [2.24, 2.45) is 0 Å². The number of carbonyl (C=O) groups is 3. The summed E-state index contributed by atoms with van der Waals surface area (Å²) in [6, 6.07) is 1.08. The fraction of sp³-hybridized carbons (Fsp3) is 0.912. The molecular formula is C34H59N3O19S. The highest BCUT2D eigenvalue weighted by Gasteiger charge is 2.60. The molecule has 0 spiro atoms. The van der Waals surface area contributed by atoms with Crippen molar-refractivity contribution in [2.45, 2.75) is 116 Å². The number of amides is 1. The molecule has 0 aromatic heterocycles. The van der Waals surface area contributed by atoms with Crippen molar-refractivity contribution in [2.75, 3.05) is 78.4 Å². The van der Waals surface area contributed by atoms with Gasteiger partial charge in [0.05, 0.1) is 71.7 Å². The molecule has 0 aromatic rings. The van der Waals surface area contributed by atoms with E-state index in [1.54, 1.807) is 0 Å². The van der Waals surface area contributed by atoms with Crippen LogP contribution >= 0.6 is 11.8 Å². The molecule has 0 bridgehead atoms. The zero-order chi connectivity index (χ0) is 41.6. The Morgan fingerprint density at radius 2 is 1.39 bits per heavy atom. The number of nitrogens with one attached hydrogen (secondary N) is 3. The molecular weight excluding hydrogens is 786 g/mol. The number of carbonyl (C=O) groups excluding carboxylic acids is 1. The van der Waals surface area contributed by atoms with Crippen LogP contribution in [0.25, 0.3) is 0 Å². The molecule has 4 rings (SSSR count). The average Bonchev–Trinajstić information content (AvgIpc) is 3.82. The van der Waals surface area contributed by atoms with Gasteiger partial charge >= 0.3 is 11.9 Å². The van der Waals surface area contributed by atoms with Crippen molar-refractivity contribution in [1.82, 2.24) is 16.0 Å². The molecule has 0 radical (unpaired) electrons. The Morgan fingerprint density at radius 3 is 2.02 bits per heavy atom. The number of hydrogen-bond donors (Lipinski definition) is 12. The highest BCUT2D eigenvalue weighted by molar-refractivity contribution is 8.00. The number of rotatable bonds is 26. The first-order valence-corrected chi connectivity index (χ1v) is 20.2. The van der Waals surface area contributed by atoms with Gasteiger partial charge in [0.25, 0.3) is 11.6 Å². The summed E-state index contributed by atoms with van der Waals surface area (Å²) in [7, 11) is 0. The third-order valence-electron chi connectivity index (χ3n) is 10.2. The standard InChI is InChI=1S/C34H59N3O19S/c38-15-21(41)29-27(44)20(40)13-34(56-29,32(48)49)54-23-14-33(31(46)47,55-30(28(23)45)22(42)16-39)53-12-11-52-10-9-51-8-7-50-6-5-35-25(43)4-2-1-3-24-26-19(17-57-24)36-18-37-26/h19-24,26-30,36-42,44-45H,1-18H2,(H,35,43)(H,46,47)(H,48,49)/t19-,20?,21+,22+,23?,24?,26-,27+,28+,29?,30?,33+,34+/m0/s1. The number of ether oxygens (including phenoxy) is 7. The van der Waals surface area contributed by atoms with Gasteiger partial charge in [-0.05, 0) is 12.8 Å². The molecule has 13 atom stereocenters. The molecule has 4 aliphatic heterocycles. The smallest absolute Gasteiger partial charge is 0.364 e. The number of fused-ring (bicyclic) bond motifs is 1. The lowest BCUT2D eigenvalue weighted by molar-refractivity contribution is -0.374. The molecule has 330 valence electrons. The van der Waals surface area contributed by atoms with Gasteiger partial charge in [0.2, 0.25) is 5.91 Å². The van der Waals surface area contributed by atoms with E-state index in [2.05, 4.69) is 16.0 Å². The summed E-state index contributed by atoms with van der Waals surface area (Å²) in [5.74, 6) is -8.16. The lowest BCUT2D eigenvalue weighted by Gasteiger charge is -2.49. The Labute approximate surface area is 333 Å². The molecule has 4 aliphatic rings. The van der Waals surface area contributed by atoms with Crippen molar-refractivity contribution in [3.63, 3.8) is 0 Å². The van der Waals surface area contributed by atoms with E-state index in [4.69, 9.17) is 33.2 Å². The second-order valence-corrected chi connectivity index (χ2v) is 15.5. The largest absolute Gasteiger partial charge is 0.477 e. The van der Waals surface area contributed by atoms with Crippen LogP contribution in [0.3, 0.4) is 0 Å². The van der Waals surface area contributed by atoms with Gasteiger partial charge in [0.15, 0.2) is 0 Å². The predicted octanol–water partition coefficient (Wildman–Crippen LogP) is -4.95. The Hall–Kier alpha value is -1.88. The Kier molecular flexibility index (Phi) is 19.5. The number of aliphatic hydroxyl groups excluding tert-OH is 7. The number of carboxylic acids is 2. The fourth-order valence-electron chi connectivity index (χ4n) is 7.13. The van der Waals surface area contributed by atoms with Crippen molar-refractivity contribution < 1.29 is 93.5 Å². The average molecular weight is 846 g/mol. The number of carboxylic acid groups (broad SMARTS) is 2. The monoisotopic (exact) mass is 845 g/mol. The summed E-state index contributed by atoms with van der Waals surface area (Å²) in [5, 5.41) is 102. The maximum absolute atomic E-state index is 12.5. The van der Waals surface area contributed by atoms with Gasteiger partial charge in [0, 0.05) is 55.6 Å². The van der Waals surface area contributed by atoms with Gasteiger partial charge < -0.3 is 84.4 Å². The van der Waals surface area contributed by atoms with Gasteiger partial charge in [-0.3, -0.25) is 15.4 Å². The summed E-state index contributed by atoms with van der Waals surface area (Å²) in [6.07, 6.45) is -13.7. The van der Waals surface area contributed by atoms with Crippen LogP contribution < -0.4 is 16.0 Å². The molecule has 4 fully saturated rings. The quantitative estimate of drug-likeness (QED) is 0.0363. The summed E-state index contributed by atoms with van der Waals surface area (Å²) in [5.41, 5.74) is 0. The van der Waals surface area contributed by atoms with Gasteiger partial charge in [0.1, 0.15) is 36.6 Å². The number of aliphatic hydroxyl groups is 7. The third-order valence-corrected chi connectivity index (χ3v) is 11.7. The zero-order valence-electron chi connectivity index (χ0n) is 31.6. The Bertz CT molecular complexity index is 1260. The number of unbranched alkanes of at least 4 members (excludes halogenated alkanes) is 1. The van der Waals surface area contributed by atoms with Crippen LogP contribution in [0.1, 0.15) is 38.5 Å². The lowest BCUT2D eigenvalue weighted by Crippen LogP contribution is -2.68. The van der Waals surface area contributed by atoms with Gasteiger partial charge in [-0.2, -0.15) is 11.8 Å². The third kappa shape index (κ3) is 13.1. The first-order chi connectivity index (χ1) is 27.3. The molecule has 23 heteroatoms. The molecule has 4 saturated heterocycles. The highest BCUT2D eigenvalue weighted by Crippen LogP contribution is 2.40. The van der Waals surface area contributed by atoms with Crippen LogP contribution in [-0.4, -0.2) is 220 Å². The van der Waals surface area contributed by atoms with Crippen LogP contribution in [-0.2, 0) is 47.5 Å². The minimum absolute atomic E-state index is 0.0105. The van der Waals surface area contributed by atoms with Gasteiger partial charge in [-0.1, -0.05) is 6.42 Å². The van der Waals surface area contributed by atoms with Crippen LogP contribution in [0.15, 0.2) is 0 Å². The van der Waals surface area contributed by atoms with E-state index in [0.717, 1.165) is 31.7 Å². The van der Waals surface area contributed by atoms with Crippen LogP contribution in [0.2, 0.25) is 0 Å². The van der Waals surface area contributed by atoms with Crippen LogP contribution in [0, 0.1) is 0 Å². The molecule has 12 N–H and O–H groups in total. The van der Waals surface area contributed by atoms with Gasteiger partial charge in [-0.15, -0.1) is 0 Å². The first-order valence-electron chi connectivity index (χ1n) is 19.1. The van der Waals surface area contributed by atoms with Crippen LogP contribution in [0.4, 0.5) is 0 Å². The van der Waals surface area contributed by atoms with E-state index in [1.807, 2.05) is 11.8 Å². The van der Waals surface area contributed by atoms with Gasteiger partial charge in [-0.25, -0.2) is 9.59 Å². The molecule has 4 heterocycles. The molecule has 5 unspecified atom stereocenters. The van der Waals surface area contributed by atoms with Crippen molar-refractivity contribution in [1.29, 1.82) is 0 Å². The second kappa shape index (κ2) is 23.2. The van der Waals surface area contributed by atoms with Crippen LogP contribution in [0.5, 0.6) is 0 Å². The molecule has 0 saturated carbocycles. The molecule has 1 amide bonds. The predicted molar refractivity (Wildman–Crippen MR) is 194 cm³/mol. The molecule has 57 heavy (non-hydrogen) atoms. The zero-order valence-corrected chi connectivity index (χ0v) is 32.4. The van der Waals surface area contributed by atoms with E-state index >= 15 is 0 Å². The van der Waals surface area contributed by atoms with Crippen molar-refractivity contribution >= 4 is 29.6 Å². The van der Waals surface area contributed by atoms with Crippen molar-refractivity contribution in [3.8, 4) is 0 Å². The molecule has 0 aromatic carbocycles. The minimum atomic E-state index is -2.91. The summed E-state index contributed by atoms with van der Waals surface area (Å²) in [4.78, 5) is 37.1. The summed E-state index contributed by atoms with van der Waals surface area (Å²) in [6.45, 7) is -0.371. The topological polar surface area (TPSA) is 334 Å². The van der Waals surface area contributed by atoms with E-state index in [-0.39, 0.29) is 38.9 Å². The maximum Gasteiger partial charge on any atom is 0.364 e. The van der Waals surface area contributed by atoms with E-state index < -0.39 is 105 Å². The number of hydrogen-bond acceptors (Lipinski definition) is 20. The summed E-state index contributed by atoms with van der Waals surface area (Å²) < 4.78 is 38.3. The van der Waals surface area contributed by atoms with Crippen molar-refractivity contribution in [3.05, 3.63) is 0 Å². The first kappa shape index (κ1) is 47.8. The van der Waals surface area contributed by atoms with E-state index in [9.17, 15) is 60.3 Å². The Morgan fingerprint density at radius 1 is 0.789 bits per heavy atom. The second-order valence-electron chi connectivity index (χ2n) is 14.3. The summed E-state index contributed by atoms with van der Waals surface area (Å²) >= 11 is 1.99. The highest BCUT2D eigenvalue weighted by atomic mass is 32.2. The lowest BCUT2D eigenvalue weighted by atomic mass is 9.90. The fourth-order valence-corrected chi connectivity index (χ4v) is 8.74. The number of thioether (sulfide) groups is 1. The number of aliphatic carboxylic acids is 2.